The minimum Gasteiger partial charge on any atom is -0.298 e. The van der Waals surface area contributed by atoms with Crippen LogP contribution < -0.4 is 0 Å². The van der Waals surface area contributed by atoms with Gasteiger partial charge < -0.3 is 0 Å². The van der Waals surface area contributed by atoms with Crippen molar-refractivity contribution in [1.82, 2.24) is 0 Å². The highest BCUT2D eigenvalue weighted by Crippen LogP contribution is 2.21. The van der Waals surface area contributed by atoms with Gasteiger partial charge in [0, 0.05) is 17.4 Å². The minimum atomic E-state index is -1.11. The van der Waals surface area contributed by atoms with Gasteiger partial charge in [-0.1, -0.05) is 6.07 Å². The molecule has 1 atom stereocenters. The maximum absolute atomic E-state index is 13.2. The Balaban J connectivity index is 2.00. The second-order valence-corrected chi connectivity index (χ2v) is 5.70. The summed E-state index contributed by atoms with van der Waals surface area (Å²) in [6.45, 7) is 0. The first-order valence-electron chi connectivity index (χ1n) is 6.51. The number of nitriles is 1. The minimum absolute atomic E-state index is 0.0797. The first-order valence-corrected chi connectivity index (χ1v) is 7.39. The predicted octanol–water partition coefficient (Wildman–Crippen LogP) is 4.23. The van der Waals surface area contributed by atoms with E-state index in [1.54, 1.807) is 11.3 Å². The quantitative estimate of drug-likeness (QED) is 0.801. The molecule has 0 aliphatic heterocycles. The summed E-state index contributed by atoms with van der Waals surface area (Å²) in [5.74, 6) is -2.98. The SMILES string of the molecule is N#CC(C(=O)CCCc1cccs1)c1cc(F)cc(F)c1. The molecular formula is C16H13F2NOS. The molecule has 1 heterocycles. The number of hydrogen-bond donors (Lipinski definition) is 0. The van der Waals surface area contributed by atoms with Crippen LogP contribution in [0.4, 0.5) is 8.78 Å². The van der Waals surface area contributed by atoms with Gasteiger partial charge in [0.1, 0.15) is 17.6 Å². The fourth-order valence-electron chi connectivity index (χ4n) is 2.11. The van der Waals surface area contributed by atoms with Crippen LogP contribution in [-0.2, 0) is 11.2 Å². The van der Waals surface area contributed by atoms with Crippen LogP contribution >= 0.6 is 11.3 Å². The molecule has 0 amide bonds. The highest BCUT2D eigenvalue weighted by atomic mass is 32.1. The normalized spacial score (nSPS) is 11.9. The molecular weight excluding hydrogens is 292 g/mol. The van der Waals surface area contributed by atoms with Gasteiger partial charge in [-0.15, -0.1) is 11.3 Å². The summed E-state index contributed by atoms with van der Waals surface area (Å²) >= 11 is 1.61. The number of aryl methyl sites for hydroxylation is 1. The van der Waals surface area contributed by atoms with Gasteiger partial charge >= 0.3 is 0 Å². The highest BCUT2D eigenvalue weighted by Gasteiger charge is 2.21. The number of halogens is 2. The van der Waals surface area contributed by atoms with E-state index in [1.807, 2.05) is 23.6 Å². The Morgan fingerprint density at radius 2 is 2.00 bits per heavy atom. The Morgan fingerprint density at radius 3 is 2.57 bits per heavy atom. The number of carbonyl (C=O) groups is 1. The van der Waals surface area contributed by atoms with Crippen LogP contribution in [0.3, 0.4) is 0 Å². The lowest BCUT2D eigenvalue weighted by atomic mass is 9.93. The van der Waals surface area contributed by atoms with Crippen LogP contribution in [0.25, 0.3) is 0 Å². The van der Waals surface area contributed by atoms with Crippen molar-refractivity contribution < 1.29 is 13.6 Å². The van der Waals surface area contributed by atoms with Crippen molar-refractivity contribution in [3.8, 4) is 6.07 Å². The lowest BCUT2D eigenvalue weighted by Gasteiger charge is -2.09. The number of ketones is 1. The summed E-state index contributed by atoms with van der Waals surface area (Å²) in [6, 6.07) is 8.55. The molecule has 0 spiro atoms. The number of carbonyl (C=O) groups excluding carboxylic acids is 1. The standard InChI is InChI=1S/C16H13F2NOS/c17-12-7-11(8-13(18)9-12)15(10-19)16(20)5-1-3-14-4-2-6-21-14/h2,4,6-9,15H,1,3,5H2. The van der Waals surface area contributed by atoms with E-state index in [4.69, 9.17) is 5.26 Å². The lowest BCUT2D eigenvalue weighted by Crippen LogP contribution is -2.11. The molecule has 1 aromatic heterocycles. The Labute approximate surface area is 125 Å². The van der Waals surface area contributed by atoms with Gasteiger partial charge in [0.15, 0.2) is 5.78 Å². The fraction of sp³-hybridized carbons (Fsp3) is 0.250. The summed E-state index contributed by atoms with van der Waals surface area (Å²) in [7, 11) is 0. The summed E-state index contributed by atoms with van der Waals surface area (Å²) < 4.78 is 26.3. The highest BCUT2D eigenvalue weighted by molar-refractivity contribution is 7.09. The van der Waals surface area contributed by atoms with Gasteiger partial charge in [-0.3, -0.25) is 4.79 Å². The zero-order chi connectivity index (χ0) is 15.2. The number of nitrogens with zero attached hydrogens (tertiary/aromatic N) is 1. The smallest absolute Gasteiger partial charge is 0.154 e. The third-order valence-corrected chi connectivity index (χ3v) is 4.03. The van der Waals surface area contributed by atoms with Crippen molar-refractivity contribution >= 4 is 17.1 Å². The molecule has 0 N–H and O–H groups in total. The maximum Gasteiger partial charge on any atom is 0.154 e. The number of thiophene rings is 1. The Hall–Kier alpha value is -2.06. The van der Waals surface area contributed by atoms with E-state index >= 15 is 0 Å². The van der Waals surface area contributed by atoms with E-state index in [-0.39, 0.29) is 17.8 Å². The van der Waals surface area contributed by atoms with Crippen molar-refractivity contribution in [2.45, 2.75) is 25.2 Å². The average molecular weight is 305 g/mol. The topological polar surface area (TPSA) is 40.9 Å². The molecule has 0 radical (unpaired) electrons. The second kappa shape index (κ2) is 7.09. The fourth-order valence-corrected chi connectivity index (χ4v) is 2.86. The summed E-state index contributed by atoms with van der Waals surface area (Å²) in [5, 5.41) is 11.1. The van der Waals surface area contributed by atoms with Crippen molar-refractivity contribution in [3.05, 3.63) is 57.8 Å². The first kappa shape index (κ1) is 15.3. The molecule has 0 saturated heterocycles. The van der Waals surface area contributed by atoms with E-state index in [0.717, 1.165) is 24.6 Å². The van der Waals surface area contributed by atoms with Crippen molar-refractivity contribution in [2.24, 2.45) is 0 Å². The first-order chi connectivity index (χ1) is 10.1. The molecule has 108 valence electrons. The van der Waals surface area contributed by atoms with Crippen molar-refractivity contribution in [2.75, 3.05) is 0 Å². The Morgan fingerprint density at radius 1 is 1.29 bits per heavy atom. The Bertz CT molecular complexity index is 641. The number of rotatable bonds is 6. The van der Waals surface area contributed by atoms with Gasteiger partial charge in [0.05, 0.1) is 6.07 Å². The van der Waals surface area contributed by atoms with E-state index < -0.39 is 17.6 Å². The maximum atomic E-state index is 13.2. The monoisotopic (exact) mass is 305 g/mol. The number of Topliss-reactive ketones (excluding diaryl/α,β-unsaturated/α-hetero) is 1. The summed E-state index contributed by atoms with van der Waals surface area (Å²) in [5.41, 5.74) is 0.0797. The van der Waals surface area contributed by atoms with Crippen LogP contribution in [0.1, 0.15) is 29.2 Å². The molecule has 0 aliphatic rings. The molecule has 2 nitrogen and oxygen atoms in total. The van der Waals surface area contributed by atoms with Gasteiger partial charge in [-0.25, -0.2) is 8.78 Å². The largest absolute Gasteiger partial charge is 0.298 e. The van der Waals surface area contributed by atoms with Crippen LogP contribution in [0.5, 0.6) is 0 Å². The number of hydrogen-bond acceptors (Lipinski definition) is 3. The van der Waals surface area contributed by atoms with Gasteiger partial charge in [0.2, 0.25) is 0 Å². The predicted molar refractivity (Wildman–Crippen MR) is 77.0 cm³/mol. The average Bonchev–Trinajstić information content (AvgIpc) is 2.91. The van der Waals surface area contributed by atoms with E-state index in [9.17, 15) is 13.6 Å². The second-order valence-electron chi connectivity index (χ2n) is 4.66. The van der Waals surface area contributed by atoms with E-state index in [0.29, 0.717) is 6.42 Å². The molecule has 0 saturated carbocycles. The number of benzene rings is 1. The van der Waals surface area contributed by atoms with Crippen molar-refractivity contribution in [3.63, 3.8) is 0 Å². The van der Waals surface area contributed by atoms with Crippen LogP contribution in [0.15, 0.2) is 35.7 Å². The lowest BCUT2D eigenvalue weighted by molar-refractivity contribution is -0.119. The van der Waals surface area contributed by atoms with Gasteiger partial charge in [-0.2, -0.15) is 5.26 Å². The molecule has 2 rings (SSSR count). The summed E-state index contributed by atoms with van der Waals surface area (Å²) in [6.07, 6.45) is 1.60. The molecule has 21 heavy (non-hydrogen) atoms. The van der Waals surface area contributed by atoms with Crippen LogP contribution in [-0.4, -0.2) is 5.78 Å². The molecule has 1 unspecified atom stereocenters. The zero-order valence-electron chi connectivity index (χ0n) is 11.2. The van der Waals surface area contributed by atoms with Crippen LogP contribution in [0.2, 0.25) is 0 Å². The molecule has 0 fully saturated rings. The molecule has 5 heteroatoms. The molecule has 2 aromatic rings. The molecule has 1 aromatic carbocycles. The molecule has 0 aliphatic carbocycles. The van der Waals surface area contributed by atoms with E-state index in [1.165, 1.54) is 4.88 Å². The Kier molecular flexibility index (Phi) is 5.18. The van der Waals surface area contributed by atoms with E-state index in [2.05, 4.69) is 0 Å². The van der Waals surface area contributed by atoms with Crippen LogP contribution in [0, 0.1) is 23.0 Å². The van der Waals surface area contributed by atoms with Gasteiger partial charge in [0.25, 0.3) is 0 Å². The third-order valence-electron chi connectivity index (χ3n) is 3.10. The summed E-state index contributed by atoms with van der Waals surface area (Å²) in [4.78, 5) is 13.2. The van der Waals surface area contributed by atoms with Crippen molar-refractivity contribution in [1.29, 1.82) is 5.26 Å². The zero-order valence-corrected chi connectivity index (χ0v) is 12.0. The van der Waals surface area contributed by atoms with Gasteiger partial charge in [-0.05, 0) is 42.0 Å². The molecule has 0 bridgehead atoms. The third kappa shape index (κ3) is 4.20.